The van der Waals surface area contributed by atoms with Crippen LogP contribution in [0.2, 0.25) is 0 Å². The summed E-state index contributed by atoms with van der Waals surface area (Å²) < 4.78 is 38.4. The second kappa shape index (κ2) is 7.26. The molecule has 3 nitrogen and oxygen atoms in total. The number of hydrogen-bond donors (Lipinski definition) is 1. The van der Waals surface area contributed by atoms with Crippen LogP contribution in [0.5, 0.6) is 0 Å². The summed E-state index contributed by atoms with van der Waals surface area (Å²) in [6.45, 7) is 1.79. The number of rotatable bonds is 3. The van der Waals surface area contributed by atoms with Crippen LogP contribution in [0.1, 0.15) is 41.4 Å². The van der Waals surface area contributed by atoms with Crippen molar-refractivity contribution in [3.8, 4) is 11.3 Å². The minimum atomic E-state index is -4.35. The second-order valence-corrected chi connectivity index (χ2v) is 7.05. The van der Waals surface area contributed by atoms with Crippen LogP contribution in [0, 0.1) is 6.92 Å². The summed E-state index contributed by atoms with van der Waals surface area (Å²) >= 11 is 0. The van der Waals surface area contributed by atoms with Gasteiger partial charge in [0.25, 0.3) is 0 Å². The first-order chi connectivity index (χ1) is 13.4. The van der Waals surface area contributed by atoms with Crippen LogP contribution in [0.3, 0.4) is 0 Å². The van der Waals surface area contributed by atoms with Gasteiger partial charge in [0, 0.05) is 11.6 Å². The van der Waals surface area contributed by atoms with Crippen molar-refractivity contribution in [3.63, 3.8) is 0 Å². The van der Waals surface area contributed by atoms with Crippen molar-refractivity contribution in [2.24, 2.45) is 0 Å². The topological polar surface area (TPSA) is 37.8 Å². The Hall–Kier alpha value is -2.89. The van der Waals surface area contributed by atoms with E-state index in [0.717, 1.165) is 31.4 Å². The number of alkyl halides is 3. The Bertz CT molecular complexity index is 981. The molecule has 3 aromatic rings. The van der Waals surface area contributed by atoms with Gasteiger partial charge in [-0.3, -0.25) is 0 Å². The summed E-state index contributed by atoms with van der Waals surface area (Å²) in [5.74, 6) is 1.26. The van der Waals surface area contributed by atoms with Crippen molar-refractivity contribution < 1.29 is 13.2 Å². The van der Waals surface area contributed by atoms with Gasteiger partial charge >= 0.3 is 6.18 Å². The molecule has 0 bridgehead atoms. The van der Waals surface area contributed by atoms with E-state index < -0.39 is 11.7 Å². The molecule has 1 N–H and O–H groups in total. The molecule has 1 heterocycles. The summed E-state index contributed by atoms with van der Waals surface area (Å²) in [5.41, 5.74) is 3.19. The summed E-state index contributed by atoms with van der Waals surface area (Å²) in [7, 11) is 0. The predicted molar refractivity (Wildman–Crippen MR) is 103 cm³/mol. The van der Waals surface area contributed by atoms with Crippen molar-refractivity contribution in [3.05, 3.63) is 77.1 Å². The van der Waals surface area contributed by atoms with Gasteiger partial charge in [-0.15, -0.1) is 0 Å². The van der Waals surface area contributed by atoms with Crippen LogP contribution in [0.15, 0.2) is 54.6 Å². The first-order valence-electron chi connectivity index (χ1n) is 9.28. The first-order valence-corrected chi connectivity index (χ1v) is 9.28. The van der Waals surface area contributed by atoms with Gasteiger partial charge in [0.1, 0.15) is 11.6 Å². The lowest BCUT2D eigenvalue weighted by Crippen LogP contribution is -2.18. The van der Waals surface area contributed by atoms with Crippen molar-refractivity contribution in [2.75, 3.05) is 5.32 Å². The highest BCUT2D eigenvalue weighted by Gasteiger charge is 2.30. The van der Waals surface area contributed by atoms with E-state index in [2.05, 4.69) is 33.5 Å². The van der Waals surface area contributed by atoms with Gasteiger partial charge < -0.3 is 5.32 Å². The number of anilines is 1. The molecular formula is C22H20F3N3. The smallest absolute Gasteiger partial charge is 0.363 e. The third-order valence-electron chi connectivity index (χ3n) is 5.04. The van der Waals surface area contributed by atoms with E-state index >= 15 is 0 Å². The summed E-state index contributed by atoms with van der Waals surface area (Å²) in [5, 5.41) is 3.49. The van der Waals surface area contributed by atoms with E-state index in [0.29, 0.717) is 22.9 Å². The van der Waals surface area contributed by atoms with Crippen LogP contribution >= 0.6 is 0 Å². The van der Waals surface area contributed by atoms with Crippen LogP contribution in [0.25, 0.3) is 11.3 Å². The summed E-state index contributed by atoms with van der Waals surface area (Å²) in [6, 6.07) is 15.4. The van der Waals surface area contributed by atoms with E-state index in [-0.39, 0.29) is 6.04 Å². The lowest BCUT2D eigenvalue weighted by molar-refractivity contribution is -0.137. The molecule has 1 aromatic heterocycles. The fourth-order valence-corrected chi connectivity index (χ4v) is 3.70. The average molecular weight is 383 g/mol. The molecule has 0 unspecified atom stereocenters. The minimum absolute atomic E-state index is 0.166. The molecule has 0 amide bonds. The maximum absolute atomic E-state index is 12.8. The molecule has 6 heteroatoms. The Morgan fingerprint density at radius 1 is 1.00 bits per heavy atom. The van der Waals surface area contributed by atoms with Gasteiger partial charge in [-0.05, 0) is 49.4 Å². The lowest BCUT2D eigenvalue weighted by atomic mass is 9.88. The van der Waals surface area contributed by atoms with Gasteiger partial charge in [-0.1, -0.05) is 36.4 Å². The van der Waals surface area contributed by atoms with Crippen LogP contribution in [-0.4, -0.2) is 9.97 Å². The zero-order valence-corrected chi connectivity index (χ0v) is 15.4. The Morgan fingerprint density at radius 3 is 2.50 bits per heavy atom. The van der Waals surface area contributed by atoms with E-state index in [1.54, 1.807) is 13.0 Å². The highest BCUT2D eigenvalue weighted by atomic mass is 19.4. The highest BCUT2D eigenvalue weighted by Crippen LogP contribution is 2.33. The van der Waals surface area contributed by atoms with E-state index in [1.807, 2.05) is 6.07 Å². The van der Waals surface area contributed by atoms with E-state index in [1.165, 1.54) is 23.3 Å². The molecule has 144 valence electrons. The zero-order chi connectivity index (χ0) is 19.7. The zero-order valence-electron chi connectivity index (χ0n) is 15.4. The molecule has 0 radical (unpaired) electrons. The van der Waals surface area contributed by atoms with Gasteiger partial charge in [-0.2, -0.15) is 13.2 Å². The quantitative estimate of drug-likeness (QED) is 0.606. The third kappa shape index (κ3) is 3.86. The molecule has 0 saturated heterocycles. The largest absolute Gasteiger partial charge is 0.416 e. The normalized spacial score (nSPS) is 16.5. The number of aryl methyl sites for hydroxylation is 2. The van der Waals surface area contributed by atoms with Crippen molar-refractivity contribution in [1.29, 1.82) is 0 Å². The fourth-order valence-electron chi connectivity index (χ4n) is 3.70. The van der Waals surface area contributed by atoms with Gasteiger partial charge in [0.15, 0.2) is 0 Å². The predicted octanol–water partition coefficient (Wildman–Crippen LogP) is 5.96. The summed E-state index contributed by atoms with van der Waals surface area (Å²) in [4.78, 5) is 8.88. The number of fused-ring (bicyclic) bond motifs is 1. The molecule has 28 heavy (non-hydrogen) atoms. The summed E-state index contributed by atoms with van der Waals surface area (Å²) in [6.07, 6.45) is -1.16. The molecule has 1 aliphatic rings. The Balaban J connectivity index is 1.62. The molecule has 0 saturated carbocycles. The monoisotopic (exact) mass is 383 g/mol. The van der Waals surface area contributed by atoms with E-state index in [4.69, 9.17) is 0 Å². The fraction of sp³-hybridized carbons (Fsp3) is 0.273. The van der Waals surface area contributed by atoms with Crippen LogP contribution < -0.4 is 5.32 Å². The second-order valence-electron chi connectivity index (χ2n) is 7.05. The standard InChI is InChI=1S/C22H20F3N3/c1-14-26-20(16-9-11-17(12-10-16)22(23,24)25)13-21(27-14)28-19-8-4-6-15-5-2-3-7-18(15)19/h2-3,5,7,9-13,19H,4,6,8H2,1H3,(H,26,27,28)/t19-/m1/s1. The number of nitrogens with zero attached hydrogens (tertiary/aromatic N) is 2. The highest BCUT2D eigenvalue weighted by molar-refractivity contribution is 5.63. The van der Waals surface area contributed by atoms with Crippen LogP contribution in [0.4, 0.5) is 19.0 Å². The Morgan fingerprint density at radius 2 is 1.75 bits per heavy atom. The lowest BCUT2D eigenvalue weighted by Gasteiger charge is -2.27. The number of halogens is 3. The van der Waals surface area contributed by atoms with Crippen molar-refractivity contribution in [2.45, 2.75) is 38.4 Å². The van der Waals surface area contributed by atoms with E-state index in [9.17, 15) is 13.2 Å². The molecular weight excluding hydrogens is 363 g/mol. The van der Waals surface area contributed by atoms with Crippen molar-refractivity contribution in [1.82, 2.24) is 9.97 Å². The molecule has 2 aromatic carbocycles. The van der Waals surface area contributed by atoms with Gasteiger partial charge in [-0.25, -0.2) is 9.97 Å². The molecule has 1 aliphatic carbocycles. The molecule has 4 rings (SSSR count). The molecule has 1 atom stereocenters. The number of aromatic nitrogens is 2. The molecule has 0 fully saturated rings. The SMILES string of the molecule is Cc1nc(N[C@@H]2CCCc3ccccc32)cc(-c2ccc(C(F)(F)F)cc2)n1. The Labute approximate surface area is 161 Å². The number of benzene rings is 2. The van der Waals surface area contributed by atoms with Crippen molar-refractivity contribution >= 4 is 5.82 Å². The minimum Gasteiger partial charge on any atom is -0.363 e. The molecule has 0 aliphatic heterocycles. The average Bonchev–Trinajstić information content (AvgIpc) is 2.67. The maximum Gasteiger partial charge on any atom is 0.416 e. The third-order valence-corrected chi connectivity index (χ3v) is 5.04. The Kier molecular flexibility index (Phi) is 4.79. The van der Waals surface area contributed by atoms with Crippen LogP contribution in [-0.2, 0) is 12.6 Å². The molecule has 0 spiro atoms. The number of hydrogen-bond acceptors (Lipinski definition) is 3. The first kappa shape index (κ1) is 18.5. The number of nitrogens with one attached hydrogen (secondary N) is 1. The van der Waals surface area contributed by atoms with Gasteiger partial charge in [0.05, 0.1) is 17.3 Å². The maximum atomic E-state index is 12.8. The van der Waals surface area contributed by atoms with Gasteiger partial charge in [0.2, 0.25) is 0 Å².